The van der Waals surface area contributed by atoms with Crippen molar-refractivity contribution in [3.63, 3.8) is 0 Å². The molecule has 0 saturated carbocycles. The summed E-state index contributed by atoms with van der Waals surface area (Å²) in [6.07, 6.45) is 1.08. The maximum absolute atomic E-state index is 13.1. The van der Waals surface area contributed by atoms with Crippen LogP contribution in [0.2, 0.25) is 0 Å². The average molecular weight is 331 g/mol. The Bertz CT molecular complexity index is 944. The number of halogens is 1. The van der Waals surface area contributed by atoms with Gasteiger partial charge in [0, 0.05) is 30.4 Å². The van der Waals surface area contributed by atoms with Crippen LogP contribution >= 0.6 is 0 Å². The fourth-order valence-corrected chi connectivity index (χ4v) is 3.51. The van der Waals surface area contributed by atoms with Gasteiger partial charge in [-0.2, -0.15) is 5.26 Å². The first-order valence-electron chi connectivity index (χ1n) is 8.45. The molecule has 0 unspecified atom stereocenters. The zero-order chi connectivity index (χ0) is 17.2. The largest absolute Gasteiger partial charge is 0.305 e. The van der Waals surface area contributed by atoms with E-state index in [9.17, 15) is 9.65 Å². The van der Waals surface area contributed by atoms with Crippen LogP contribution in [0.15, 0.2) is 60.7 Å². The van der Waals surface area contributed by atoms with Gasteiger partial charge in [0.05, 0.1) is 17.3 Å². The van der Waals surface area contributed by atoms with E-state index in [1.165, 1.54) is 12.1 Å². The molecule has 0 amide bonds. The Morgan fingerprint density at radius 1 is 0.920 bits per heavy atom. The van der Waals surface area contributed by atoms with Gasteiger partial charge in [-0.1, -0.05) is 36.4 Å². The van der Waals surface area contributed by atoms with Crippen molar-refractivity contribution in [1.29, 1.82) is 5.26 Å². The van der Waals surface area contributed by atoms with E-state index in [1.807, 2.05) is 42.5 Å². The number of hydrogen-bond donors (Lipinski definition) is 0. The quantitative estimate of drug-likeness (QED) is 0.709. The predicted octanol–water partition coefficient (Wildman–Crippen LogP) is 4.48. The van der Waals surface area contributed by atoms with Gasteiger partial charge in [0.2, 0.25) is 0 Å². The summed E-state index contributed by atoms with van der Waals surface area (Å²) in [4.78, 5) is 0. The first-order chi connectivity index (χ1) is 12.3. The lowest BCUT2D eigenvalue weighted by atomic mass is 10.0. The van der Waals surface area contributed by atoms with Crippen LogP contribution in [0.1, 0.15) is 17.5 Å². The van der Waals surface area contributed by atoms with Crippen molar-refractivity contribution in [3.05, 3.63) is 77.6 Å². The third kappa shape index (κ3) is 2.95. The van der Waals surface area contributed by atoms with Gasteiger partial charge in [-0.3, -0.25) is 0 Å². The standard InChI is InChI=1S/C21H18FN3/c22-18-9-6-16(7-10-18)15-24-12-3-13-25(24)21-11-8-17(14-23)19-4-1-2-5-20(19)21/h1-2,4-11H,3,12-13,15H2. The normalized spacial score (nSPS) is 14.8. The molecule has 0 spiro atoms. The monoisotopic (exact) mass is 331 g/mol. The molecule has 0 aromatic heterocycles. The summed E-state index contributed by atoms with van der Waals surface area (Å²) in [5.41, 5.74) is 2.91. The molecule has 1 fully saturated rings. The first-order valence-corrected chi connectivity index (χ1v) is 8.45. The lowest BCUT2D eigenvalue weighted by Gasteiger charge is -2.31. The van der Waals surface area contributed by atoms with E-state index in [0.29, 0.717) is 5.56 Å². The molecule has 1 saturated heterocycles. The number of benzene rings is 3. The summed E-state index contributed by atoms with van der Waals surface area (Å²) in [6.45, 7) is 2.65. The highest BCUT2D eigenvalue weighted by atomic mass is 19.1. The summed E-state index contributed by atoms with van der Waals surface area (Å²) in [5, 5.41) is 16.0. The Hall–Kier alpha value is -2.90. The highest BCUT2D eigenvalue weighted by molar-refractivity contribution is 5.97. The molecule has 1 aliphatic heterocycles. The molecule has 3 nitrogen and oxygen atoms in total. The van der Waals surface area contributed by atoms with Crippen molar-refractivity contribution in [2.45, 2.75) is 13.0 Å². The highest BCUT2D eigenvalue weighted by Gasteiger charge is 2.24. The third-order valence-electron chi connectivity index (χ3n) is 4.71. The minimum atomic E-state index is -0.208. The Labute approximate surface area is 146 Å². The van der Waals surface area contributed by atoms with Crippen molar-refractivity contribution in [2.75, 3.05) is 18.1 Å². The van der Waals surface area contributed by atoms with Gasteiger partial charge in [0.1, 0.15) is 5.82 Å². The lowest BCUT2D eigenvalue weighted by molar-refractivity contribution is 0.303. The molecule has 3 aromatic carbocycles. The van der Waals surface area contributed by atoms with Gasteiger partial charge in [0.25, 0.3) is 0 Å². The Kier molecular flexibility index (Phi) is 4.09. The van der Waals surface area contributed by atoms with E-state index in [2.05, 4.69) is 22.2 Å². The van der Waals surface area contributed by atoms with Crippen LogP contribution < -0.4 is 5.01 Å². The van der Waals surface area contributed by atoms with E-state index in [4.69, 9.17) is 0 Å². The highest BCUT2D eigenvalue weighted by Crippen LogP contribution is 2.32. The molecule has 4 rings (SSSR count). The molecule has 3 aromatic rings. The molecule has 25 heavy (non-hydrogen) atoms. The Balaban J connectivity index is 1.70. The van der Waals surface area contributed by atoms with Crippen LogP contribution in [0.5, 0.6) is 0 Å². The number of anilines is 1. The molecular formula is C21H18FN3. The fraction of sp³-hybridized carbons (Fsp3) is 0.190. The number of hydrogen-bond acceptors (Lipinski definition) is 3. The number of nitrogens with zero attached hydrogens (tertiary/aromatic N) is 3. The summed E-state index contributed by atoms with van der Waals surface area (Å²) in [7, 11) is 0. The predicted molar refractivity (Wildman–Crippen MR) is 97.4 cm³/mol. The van der Waals surface area contributed by atoms with Crippen molar-refractivity contribution in [2.24, 2.45) is 0 Å². The molecule has 1 heterocycles. The van der Waals surface area contributed by atoms with E-state index in [1.54, 1.807) is 0 Å². The van der Waals surface area contributed by atoms with E-state index >= 15 is 0 Å². The van der Waals surface area contributed by atoms with Gasteiger partial charge >= 0.3 is 0 Å². The molecule has 0 aliphatic carbocycles. The lowest BCUT2D eigenvalue weighted by Crippen LogP contribution is -2.36. The average Bonchev–Trinajstić information content (AvgIpc) is 3.10. The fourth-order valence-electron chi connectivity index (χ4n) is 3.51. The van der Waals surface area contributed by atoms with Crippen LogP contribution in [0.25, 0.3) is 10.8 Å². The molecule has 0 N–H and O–H groups in total. The van der Waals surface area contributed by atoms with E-state index < -0.39 is 0 Å². The zero-order valence-corrected chi connectivity index (χ0v) is 13.8. The molecule has 124 valence electrons. The smallest absolute Gasteiger partial charge is 0.123 e. The molecule has 1 aliphatic rings. The van der Waals surface area contributed by atoms with Crippen molar-refractivity contribution < 1.29 is 4.39 Å². The van der Waals surface area contributed by atoms with Gasteiger partial charge in [-0.25, -0.2) is 9.40 Å². The van der Waals surface area contributed by atoms with Crippen LogP contribution in [0, 0.1) is 17.1 Å². The van der Waals surface area contributed by atoms with E-state index in [-0.39, 0.29) is 5.82 Å². The Morgan fingerprint density at radius 2 is 1.68 bits per heavy atom. The van der Waals surface area contributed by atoms with E-state index in [0.717, 1.165) is 48.1 Å². The third-order valence-corrected chi connectivity index (χ3v) is 4.71. The van der Waals surface area contributed by atoms with Gasteiger partial charge < -0.3 is 5.01 Å². The van der Waals surface area contributed by atoms with Crippen molar-refractivity contribution in [1.82, 2.24) is 5.01 Å². The first kappa shape index (κ1) is 15.6. The minimum Gasteiger partial charge on any atom is -0.305 e. The van der Waals surface area contributed by atoms with Gasteiger partial charge in [-0.15, -0.1) is 0 Å². The van der Waals surface area contributed by atoms with Crippen LogP contribution in [-0.4, -0.2) is 18.1 Å². The molecule has 4 heteroatoms. The van der Waals surface area contributed by atoms with Crippen LogP contribution in [0.4, 0.5) is 10.1 Å². The minimum absolute atomic E-state index is 0.208. The number of rotatable bonds is 3. The Morgan fingerprint density at radius 3 is 2.44 bits per heavy atom. The summed E-state index contributed by atoms with van der Waals surface area (Å²) >= 11 is 0. The number of hydrazine groups is 1. The number of nitriles is 1. The summed E-state index contributed by atoms with van der Waals surface area (Å²) in [5.74, 6) is -0.208. The van der Waals surface area contributed by atoms with Gasteiger partial charge in [-0.05, 0) is 36.2 Å². The maximum Gasteiger partial charge on any atom is 0.123 e. The molecule has 0 atom stereocenters. The summed E-state index contributed by atoms with van der Waals surface area (Å²) < 4.78 is 13.1. The topological polar surface area (TPSA) is 30.3 Å². The summed E-state index contributed by atoms with van der Waals surface area (Å²) in [6, 6.07) is 20.9. The molecule has 0 radical (unpaired) electrons. The van der Waals surface area contributed by atoms with Crippen molar-refractivity contribution >= 4 is 16.5 Å². The second-order valence-corrected chi connectivity index (χ2v) is 6.28. The SMILES string of the molecule is N#Cc1ccc(N2CCCN2Cc2ccc(F)cc2)c2ccccc12. The van der Waals surface area contributed by atoms with Crippen LogP contribution in [0.3, 0.4) is 0 Å². The van der Waals surface area contributed by atoms with Crippen LogP contribution in [-0.2, 0) is 6.54 Å². The van der Waals surface area contributed by atoms with Gasteiger partial charge in [0.15, 0.2) is 0 Å². The van der Waals surface area contributed by atoms with Crippen molar-refractivity contribution in [3.8, 4) is 6.07 Å². The second kappa shape index (κ2) is 6.54. The zero-order valence-electron chi connectivity index (χ0n) is 13.8. The molecule has 0 bridgehead atoms. The second-order valence-electron chi connectivity index (χ2n) is 6.28. The maximum atomic E-state index is 13.1. The molecular weight excluding hydrogens is 313 g/mol. The number of fused-ring (bicyclic) bond motifs is 1.